The van der Waals surface area contributed by atoms with E-state index in [1.807, 2.05) is 0 Å². The highest BCUT2D eigenvalue weighted by molar-refractivity contribution is 7.12. The number of rotatable bonds is 6. The normalized spacial score (nSPS) is 23.4. The van der Waals surface area contributed by atoms with Gasteiger partial charge in [-0.25, -0.2) is 9.97 Å². The summed E-state index contributed by atoms with van der Waals surface area (Å²) in [6, 6.07) is 2.08. The molecule has 24 heavy (non-hydrogen) atoms. The minimum atomic E-state index is -0.0964. The van der Waals surface area contributed by atoms with Crippen LogP contribution in [0.5, 0.6) is 0 Å². The van der Waals surface area contributed by atoms with Gasteiger partial charge in [0, 0.05) is 12.2 Å². The van der Waals surface area contributed by atoms with E-state index in [1.54, 1.807) is 17.6 Å². The van der Waals surface area contributed by atoms with Crippen molar-refractivity contribution in [3.8, 4) is 0 Å². The van der Waals surface area contributed by atoms with Crippen molar-refractivity contribution in [2.45, 2.75) is 45.8 Å². The van der Waals surface area contributed by atoms with Gasteiger partial charge in [-0.15, -0.1) is 11.3 Å². The van der Waals surface area contributed by atoms with Gasteiger partial charge in [0.25, 0.3) is 0 Å². The summed E-state index contributed by atoms with van der Waals surface area (Å²) in [5.41, 5.74) is 1.25. The van der Waals surface area contributed by atoms with Gasteiger partial charge in [-0.1, -0.05) is 20.3 Å². The number of hydrogen-bond acceptors (Lipinski definition) is 6. The molecule has 3 atom stereocenters. The van der Waals surface area contributed by atoms with E-state index in [0.29, 0.717) is 28.2 Å². The lowest BCUT2D eigenvalue weighted by Crippen LogP contribution is -2.19. The Morgan fingerprint density at radius 3 is 2.96 bits per heavy atom. The standard InChI is InChI=1S/C18H23N3O2S/c1-3-13-6-14(4-11(13)2)21-18-15(7-19-10-20-18)17(23)16-5-12(8-22)9-24-16/h5,7,9-11,13-14,22H,3-4,6,8H2,1-2H3,(H,19,20,21)/t11-,13-,14-/m0/s1. The fourth-order valence-corrected chi connectivity index (χ4v) is 4.39. The Balaban J connectivity index is 1.79. The van der Waals surface area contributed by atoms with Crippen molar-refractivity contribution in [3.63, 3.8) is 0 Å². The maximum Gasteiger partial charge on any atom is 0.208 e. The molecule has 2 heterocycles. The highest BCUT2D eigenvalue weighted by atomic mass is 32.1. The molecule has 0 aromatic carbocycles. The second-order valence-corrected chi connectivity index (χ2v) is 7.46. The predicted molar refractivity (Wildman–Crippen MR) is 95.3 cm³/mol. The van der Waals surface area contributed by atoms with E-state index in [1.165, 1.54) is 24.1 Å². The van der Waals surface area contributed by atoms with Crippen LogP contribution in [0.15, 0.2) is 24.0 Å². The molecule has 2 N–H and O–H groups in total. The summed E-state index contributed by atoms with van der Waals surface area (Å²) < 4.78 is 0. The first-order valence-electron chi connectivity index (χ1n) is 8.41. The molecular formula is C18H23N3O2S. The molecule has 1 saturated carbocycles. The molecule has 2 aromatic rings. The van der Waals surface area contributed by atoms with Crippen LogP contribution >= 0.6 is 11.3 Å². The summed E-state index contributed by atoms with van der Waals surface area (Å²) in [4.78, 5) is 21.7. The highest BCUT2D eigenvalue weighted by Gasteiger charge is 2.31. The lowest BCUT2D eigenvalue weighted by atomic mass is 9.96. The monoisotopic (exact) mass is 345 g/mol. The van der Waals surface area contributed by atoms with Crippen LogP contribution in [0.4, 0.5) is 5.82 Å². The maximum atomic E-state index is 12.8. The Bertz CT molecular complexity index is 716. The number of aliphatic hydroxyl groups excluding tert-OH is 1. The average Bonchev–Trinajstić information content (AvgIpc) is 3.21. The first kappa shape index (κ1) is 17.0. The van der Waals surface area contributed by atoms with Crippen LogP contribution < -0.4 is 5.32 Å². The molecule has 0 aliphatic heterocycles. The van der Waals surface area contributed by atoms with Crippen LogP contribution in [0.1, 0.15) is 53.9 Å². The third kappa shape index (κ3) is 3.49. The smallest absolute Gasteiger partial charge is 0.208 e. The number of carbonyl (C=O) groups is 1. The van der Waals surface area contributed by atoms with Gasteiger partial charge in [-0.2, -0.15) is 0 Å². The van der Waals surface area contributed by atoms with Crippen molar-refractivity contribution < 1.29 is 9.90 Å². The zero-order valence-corrected chi connectivity index (χ0v) is 14.8. The van der Waals surface area contributed by atoms with E-state index in [4.69, 9.17) is 0 Å². The van der Waals surface area contributed by atoms with Gasteiger partial charge < -0.3 is 10.4 Å². The van der Waals surface area contributed by atoms with Crippen molar-refractivity contribution in [1.29, 1.82) is 0 Å². The second kappa shape index (κ2) is 7.40. The van der Waals surface area contributed by atoms with Gasteiger partial charge in [0.1, 0.15) is 12.1 Å². The molecule has 0 unspecified atom stereocenters. The summed E-state index contributed by atoms with van der Waals surface area (Å²) >= 11 is 1.34. The molecule has 5 nitrogen and oxygen atoms in total. The molecule has 0 saturated heterocycles. The van der Waals surface area contributed by atoms with E-state index < -0.39 is 0 Å². The average molecular weight is 345 g/mol. The summed E-state index contributed by atoms with van der Waals surface area (Å²) in [7, 11) is 0. The minimum absolute atomic E-state index is 0.0570. The van der Waals surface area contributed by atoms with E-state index >= 15 is 0 Å². The molecule has 128 valence electrons. The van der Waals surface area contributed by atoms with Crippen LogP contribution in [0, 0.1) is 11.8 Å². The molecule has 6 heteroatoms. The number of carbonyl (C=O) groups excluding carboxylic acids is 1. The number of hydrogen-bond donors (Lipinski definition) is 2. The fourth-order valence-electron chi connectivity index (χ4n) is 3.54. The second-order valence-electron chi connectivity index (χ2n) is 6.55. The largest absolute Gasteiger partial charge is 0.392 e. The number of aromatic nitrogens is 2. The van der Waals surface area contributed by atoms with Crippen LogP contribution in [0.2, 0.25) is 0 Å². The molecule has 1 fully saturated rings. The third-order valence-corrected chi connectivity index (χ3v) is 5.91. The summed E-state index contributed by atoms with van der Waals surface area (Å²) in [6.45, 7) is 4.47. The molecule has 0 spiro atoms. The van der Waals surface area contributed by atoms with Crippen LogP contribution in [-0.4, -0.2) is 26.9 Å². The Labute approximate surface area is 146 Å². The number of nitrogens with one attached hydrogen (secondary N) is 1. The van der Waals surface area contributed by atoms with Gasteiger partial charge in [0.05, 0.1) is 17.0 Å². The van der Waals surface area contributed by atoms with Crippen molar-refractivity contribution in [2.75, 3.05) is 5.32 Å². The Morgan fingerprint density at radius 2 is 2.29 bits per heavy atom. The van der Waals surface area contributed by atoms with Crippen LogP contribution in [0.3, 0.4) is 0 Å². The molecule has 1 aliphatic rings. The van der Waals surface area contributed by atoms with Crippen molar-refractivity contribution in [3.05, 3.63) is 40.0 Å². The number of ketones is 1. The highest BCUT2D eigenvalue weighted by Crippen LogP contribution is 2.35. The zero-order chi connectivity index (χ0) is 17.1. The van der Waals surface area contributed by atoms with Crippen molar-refractivity contribution >= 4 is 22.9 Å². The number of thiophene rings is 1. The van der Waals surface area contributed by atoms with Crippen LogP contribution in [0.25, 0.3) is 0 Å². The van der Waals surface area contributed by atoms with Crippen molar-refractivity contribution in [1.82, 2.24) is 9.97 Å². The topological polar surface area (TPSA) is 75.1 Å². The minimum Gasteiger partial charge on any atom is -0.392 e. The molecule has 1 aliphatic carbocycles. The zero-order valence-electron chi connectivity index (χ0n) is 14.0. The van der Waals surface area contributed by atoms with E-state index in [2.05, 4.69) is 29.1 Å². The summed E-state index contributed by atoms with van der Waals surface area (Å²) in [5.74, 6) is 1.94. The Hall–Kier alpha value is -1.79. The third-order valence-electron chi connectivity index (χ3n) is 4.93. The van der Waals surface area contributed by atoms with Gasteiger partial charge in [-0.05, 0) is 41.7 Å². The lowest BCUT2D eigenvalue weighted by Gasteiger charge is -2.15. The Kier molecular flexibility index (Phi) is 5.26. The molecule has 3 rings (SSSR count). The quantitative estimate of drug-likeness (QED) is 0.784. The lowest BCUT2D eigenvalue weighted by molar-refractivity contribution is 0.104. The van der Waals surface area contributed by atoms with Crippen LogP contribution in [-0.2, 0) is 6.61 Å². The summed E-state index contributed by atoms with van der Waals surface area (Å²) in [5, 5.41) is 14.4. The van der Waals surface area contributed by atoms with E-state index in [0.717, 1.165) is 24.3 Å². The number of aliphatic hydroxyl groups is 1. The first-order valence-corrected chi connectivity index (χ1v) is 9.29. The maximum absolute atomic E-state index is 12.8. The number of anilines is 1. The van der Waals surface area contributed by atoms with Crippen molar-refractivity contribution in [2.24, 2.45) is 11.8 Å². The first-order chi connectivity index (χ1) is 11.6. The summed E-state index contributed by atoms with van der Waals surface area (Å²) in [6.07, 6.45) is 6.45. The van der Waals surface area contributed by atoms with Gasteiger partial charge in [0.2, 0.25) is 5.78 Å². The Morgan fingerprint density at radius 1 is 1.46 bits per heavy atom. The van der Waals surface area contributed by atoms with Gasteiger partial charge >= 0.3 is 0 Å². The molecular weight excluding hydrogens is 322 g/mol. The predicted octanol–water partition coefficient (Wildman–Crippen LogP) is 3.50. The molecule has 0 radical (unpaired) electrons. The van der Waals surface area contributed by atoms with Gasteiger partial charge in [-0.3, -0.25) is 4.79 Å². The van der Waals surface area contributed by atoms with E-state index in [-0.39, 0.29) is 12.4 Å². The fraction of sp³-hybridized carbons (Fsp3) is 0.500. The molecule has 0 amide bonds. The molecule has 2 aromatic heterocycles. The van der Waals surface area contributed by atoms with E-state index in [9.17, 15) is 9.90 Å². The SMILES string of the molecule is CC[C@H]1C[C@@H](Nc2ncncc2C(=O)c2cc(CO)cs2)C[C@@H]1C. The van der Waals surface area contributed by atoms with Gasteiger partial charge in [0.15, 0.2) is 0 Å². The number of nitrogens with zero attached hydrogens (tertiary/aromatic N) is 2. The molecule has 0 bridgehead atoms.